The average Bonchev–Trinajstić information content (AvgIpc) is 2.96. The van der Waals surface area contributed by atoms with E-state index in [1.807, 2.05) is 36.4 Å². The Kier molecular flexibility index (Phi) is 3.87. The fourth-order valence-corrected chi connectivity index (χ4v) is 2.30. The lowest BCUT2D eigenvalue weighted by molar-refractivity contribution is 0.415. The first-order chi connectivity index (χ1) is 10.7. The highest BCUT2D eigenvalue weighted by Gasteiger charge is 2.13. The fraction of sp³-hybridized carbons (Fsp3) is 0.235. The number of hydrogen-bond donors (Lipinski definition) is 2. The van der Waals surface area contributed by atoms with Crippen molar-refractivity contribution < 1.29 is 9.15 Å². The van der Waals surface area contributed by atoms with Gasteiger partial charge in [-0.3, -0.25) is 0 Å². The number of hydrogen-bond acceptors (Lipinski definition) is 5. The van der Waals surface area contributed by atoms with Crippen LogP contribution in [0, 0.1) is 0 Å². The van der Waals surface area contributed by atoms with Crippen LogP contribution < -0.4 is 15.8 Å². The topological polar surface area (TPSA) is 73.3 Å². The SMILES string of the molecule is CCCNc1ccc(N)cc1-c1nc2cc(OC)ccc2o1. The predicted octanol–water partition coefficient (Wildman–Crippen LogP) is 3.91. The van der Waals surface area contributed by atoms with Gasteiger partial charge in [0.2, 0.25) is 5.89 Å². The van der Waals surface area contributed by atoms with Crippen molar-refractivity contribution in [3.63, 3.8) is 0 Å². The third-order valence-corrected chi connectivity index (χ3v) is 3.43. The van der Waals surface area contributed by atoms with Gasteiger partial charge < -0.3 is 20.2 Å². The molecule has 114 valence electrons. The van der Waals surface area contributed by atoms with Crippen LogP contribution in [0.3, 0.4) is 0 Å². The summed E-state index contributed by atoms with van der Waals surface area (Å²) in [6, 6.07) is 11.3. The van der Waals surface area contributed by atoms with Gasteiger partial charge in [0.15, 0.2) is 5.58 Å². The molecular weight excluding hydrogens is 278 g/mol. The molecule has 0 radical (unpaired) electrons. The molecule has 2 aromatic carbocycles. The van der Waals surface area contributed by atoms with Crippen molar-refractivity contribution in [3.05, 3.63) is 36.4 Å². The molecule has 5 nitrogen and oxygen atoms in total. The van der Waals surface area contributed by atoms with Crippen LogP contribution in [0.1, 0.15) is 13.3 Å². The highest BCUT2D eigenvalue weighted by Crippen LogP contribution is 2.32. The Labute approximate surface area is 129 Å². The number of rotatable bonds is 5. The maximum absolute atomic E-state index is 5.92. The van der Waals surface area contributed by atoms with Gasteiger partial charge in [-0.05, 0) is 36.8 Å². The van der Waals surface area contributed by atoms with Gasteiger partial charge in [0.05, 0.1) is 12.7 Å². The quantitative estimate of drug-likeness (QED) is 0.698. The van der Waals surface area contributed by atoms with Crippen molar-refractivity contribution in [2.75, 3.05) is 24.7 Å². The van der Waals surface area contributed by atoms with Crippen molar-refractivity contribution in [1.29, 1.82) is 0 Å². The largest absolute Gasteiger partial charge is 0.497 e. The molecule has 0 unspecified atom stereocenters. The molecule has 0 aliphatic heterocycles. The maximum Gasteiger partial charge on any atom is 0.229 e. The molecule has 22 heavy (non-hydrogen) atoms. The van der Waals surface area contributed by atoms with Crippen molar-refractivity contribution >= 4 is 22.5 Å². The molecule has 0 fully saturated rings. The number of nitrogen functional groups attached to an aromatic ring is 1. The summed E-state index contributed by atoms with van der Waals surface area (Å²) in [7, 11) is 1.63. The summed E-state index contributed by atoms with van der Waals surface area (Å²) >= 11 is 0. The van der Waals surface area contributed by atoms with Gasteiger partial charge in [-0.2, -0.15) is 0 Å². The Bertz CT molecular complexity index is 796. The molecular formula is C17H19N3O2. The second kappa shape index (κ2) is 5.97. The second-order valence-electron chi connectivity index (χ2n) is 5.08. The van der Waals surface area contributed by atoms with E-state index in [0.29, 0.717) is 11.6 Å². The highest BCUT2D eigenvalue weighted by atomic mass is 16.5. The van der Waals surface area contributed by atoms with Gasteiger partial charge in [-0.25, -0.2) is 4.98 Å². The number of nitrogens with zero attached hydrogens (tertiary/aromatic N) is 1. The standard InChI is InChI=1S/C17H19N3O2/c1-3-8-19-14-6-4-11(18)9-13(14)17-20-15-10-12(21-2)5-7-16(15)22-17/h4-7,9-10,19H,3,8,18H2,1-2H3. The Hall–Kier alpha value is -2.69. The van der Waals surface area contributed by atoms with Gasteiger partial charge >= 0.3 is 0 Å². The maximum atomic E-state index is 5.92. The number of anilines is 2. The summed E-state index contributed by atoms with van der Waals surface area (Å²) in [5, 5.41) is 3.38. The number of nitrogens with one attached hydrogen (secondary N) is 1. The molecule has 0 spiro atoms. The first-order valence-corrected chi connectivity index (χ1v) is 7.29. The van der Waals surface area contributed by atoms with Crippen molar-refractivity contribution in [2.24, 2.45) is 0 Å². The summed E-state index contributed by atoms with van der Waals surface area (Å²) in [6.07, 6.45) is 1.04. The molecule has 0 saturated heterocycles. The lowest BCUT2D eigenvalue weighted by Gasteiger charge is -2.09. The minimum atomic E-state index is 0.550. The van der Waals surface area contributed by atoms with Gasteiger partial charge in [0, 0.05) is 24.0 Å². The first kappa shape index (κ1) is 14.3. The molecule has 5 heteroatoms. The van der Waals surface area contributed by atoms with E-state index in [1.165, 1.54) is 0 Å². The van der Waals surface area contributed by atoms with Crippen LogP contribution in [0.4, 0.5) is 11.4 Å². The van der Waals surface area contributed by atoms with E-state index >= 15 is 0 Å². The lowest BCUT2D eigenvalue weighted by atomic mass is 10.1. The van der Waals surface area contributed by atoms with Gasteiger partial charge in [-0.1, -0.05) is 6.92 Å². The molecule has 3 aromatic rings. The van der Waals surface area contributed by atoms with E-state index in [1.54, 1.807) is 7.11 Å². The normalized spacial score (nSPS) is 10.8. The first-order valence-electron chi connectivity index (χ1n) is 7.29. The summed E-state index contributed by atoms with van der Waals surface area (Å²) in [6.45, 7) is 3.00. The zero-order chi connectivity index (χ0) is 15.5. The molecule has 0 aliphatic carbocycles. The summed E-state index contributed by atoms with van der Waals surface area (Å²) < 4.78 is 11.1. The Morgan fingerprint density at radius 1 is 1.23 bits per heavy atom. The number of aromatic nitrogens is 1. The van der Waals surface area contributed by atoms with Crippen LogP contribution >= 0.6 is 0 Å². The Morgan fingerprint density at radius 2 is 2.09 bits per heavy atom. The number of benzene rings is 2. The van der Waals surface area contributed by atoms with Crippen LogP contribution in [0.15, 0.2) is 40.8 Å². The van der Waals surface area contributed by atoms with E-state index in [2.05, 4.69) is 17.2 Å². The number of nitrogens with two attached hydrogens (primary N) is 1. The summed E-state index contributed by atoms with van der Waals surface area (Å²) in [5.41, 5.74) is 9.91. The number of ether oxygens (including phenoxy) is 1. The molecule has 3 N–H and O–H groups in total. The smallest absolute Gasteiger partial charge is 0.229 e. The minimum absolute atomic E-state index is 0.550. The predicted molar refractivity (Wildman–Crippen MR) is 89.2 cm³/mol. The molecule has 0 amide bonds. The van der Waals surface area contributed by atoms with Crippen LogP contribution in [0.25, 0.3) is 22.6 Å². The fourth-order valence-electron chi connectivity index (χ4n) is 2.30. The van der Waals surface area contributed by atoms with Crippen LogP contribution in [0.2, 0.25) is 0 Å². The number of methoxy groups -OCH3 is 1. The van der Waals surface area contributed by atoms with E-state index in [4.69, 9.17) is 14.9 Å². The zero-order valence-electron chi connectivity index (χ0n) is 12.7. The second-order valence-corrected chi connectivity index (χ2v) is 5.08. The molecule has 1 aromatic heterocycles. The van der Waals surface area contributed by atoms with Crippen molar-refractivity contribution in [2.45, 2.75) is 13.3 Å². The van der Waals surface area contributed by atoms with E-state index < -0.39 is 0 Å². The van der Waals surface area contributed by atoms with E-state index in [9.17, 15) is 0 Å². The number of oxazole rings is 1. The van der Waals surface area contributed by atoms with E-state index in [0.717, 1.165) is 41.1 Å². The molecule has 3 rings (SSSR count). The minimum Gasteiger partial charge on any atom is -0.497 e. The van der Waals surface area contributed by atoms with Crippen LogP contribution in [0.5, 0.6) is 5.75 Å². The molecule has 0 saturated carbocycles. The van der Waals surface area contributed by atoms with Crippen LogP contribution in [-0.4, -0.2) is 18.6 Å². The summed E-state index contributed by atoms with van der Waals surface area (Å²) in [5.74, 6) is 1.30. The molecule has 0 atom stereocenters. The van der Waals surface area contributed by atoms with Gasteiger partial charge in [0.25, 0.3) is 0 Å². The Morgan fingerprint density at radius 3 is 2.86 bits per heavy atom. The Balaban J connectivity index is 2.07. The third-order valence-electron chi connectivity index (χ3n) is 3.43. The molecule has 1 heterocycles. The highest BCUT2D eigenvalue weighted by molar-refractivity contribution is 5.82. The average molecular weight is 297 g/mol. The lowest BCUT2D eigenvalue weighted by Crippen LogP contribution is -2.02. The van der Waals surface area contributed by atoms with E-state index in [-0.39, 0.29) is 0 Å². The molecule has 0 bridgehead atoms. The van der Waals surface area contributed by atoms with Crippen molar-refractivity contribution in [1.82, 2.24) is 4.98 Å². The number of fused-ring (bicyclic) bond motifs is 1. The van der Waals surface area contributed by atoms with Gasteiger partial charge in [0.1, 0.15) is 11.3 Å². The third kappa shape index (κ3) is 2.70. The zero-order valence-corrected chi connectivity index (χ0v) is 12.7. The monoisotopic (exact) mass is 297 g/mol. The van der Waals surface area contributed by atoms with Crippen molar-refractivity contribution in [3.8, 4) is 17.2 Å². The summed E-state index contributed by atoms with van der Waals surface area (Å²) in [4.78, 5) is 4.56. The van der Waals surface area contributed by atoms with Crippen LogP contribution in [-0.2, 0) is 0 Å². The molecule has 0 aliphatic rings. The van der Waals surface area contributed by atoms with Gasteiger partial charge in [-0.15, -0.1) is 0 Å².